The molecule has 0 aromatic carbocycles. The maximum absolute atomic E-state index is 13.0. The van der Waals surface area contributed by atoms with E-state index >= 15 is 0 Å². The van der Waals surface area contributed by atoms with Crippen molar-refractivity contribution in [2.75, 3.05) is 6.54 Å². The summed E-state index contributed by atoms with van der Waals surface area (Å²) in [6.07, 6.45) is 1.66. The first kappa shape index (κ1) is 30.7. The number of hydrogen-bond acceptors (Lipinski definition) is 8. The van der Waals surface area contributed by atoms with Gasteiger partial charge in [0.05, 0.1) is 0 Å². The molecule has 0 spiro atoms. The summed E-state index contributed by atoms with van der Waals surface area (Å²) < 4.78 is 16.3. The van der Waals surface area contributed by atoms with Gasteiger partial charge in [-0.25, -0.2) is 14.4 Å². The molecule has 1 fully saturated rings. The largest absolute Gasteiger partial charge is 0.460 e. The average molecular weight is 500 g/mol. The highest BCUT2D eigenvalue weighted by atomic mass is 16.6. The molecular formula is C25H45N3O7. The molecule has 0 bridgehead atoms. The number of hydrogen-bond donors (Lipinski definition) is 3. The Bertz CT molecular complexity index is 777. The van der Waals surface area contributed by atoms with Crippen LogP contribution in [0.4, 0.5) is 4.79 Å². The Morgan fingerprint density at radius 1 is 0.914 bits per heavy atom. The van der Waals surface area contributed by atoms with Crippen LogP contribution < -0.4 is 16.4 Å². The number of nitrogens with one attached hydrogen (secondary N) is 2. The average Bonchev–Trinajstić information content (AvgIpc) is 3.32. The van der Waals surface area contributed by atoms with Crippen LogP contribution in [0.2, 0.25) is 0 Å². The molecule has 0 heterocycles. The van der Waals surface area contributed by atoms with Crippen LogP contribution in [0.25, 0.3) is 0 Å². The summed E-state index contributed by atoms with van der Waals surface area (Å²) in [6, 6.07) is -1.83. The number of carbonyl (C=O) groups is 4. The van der Waals surface area contributed by atoms with Gasteiger partial charge in [0.25, 0.3) is 0 Å². The summed E-state index contributed by atoms with van der Waals surface area (Å²) in [5.41, 5.74) is 2.24. The Kier molecular flexibility index (Phi) is 10.2. The first-order chi connectivity index (χ1) is 15.8. The summed E-state index contributed by atoms with van der Waals surface area (Å²) in [5, 5.41) is 5.32. The van der Waals surface area contributed by atoms with E-state index in [0.717, 1.165) is 0 Å². The maximum atomic E-state index is 13.0. The van der Waals surface area contributed by atoms with Crippen LogP contribution in [-0.2, 0) is 28.6 Å². The second-order valence-corrected chi connectivity index (χ2v) is 12.1. The van der Waals surface area contributed by atoms with E-state index in [2.05, 4.69) is 10.6 Å². The molecule has 0 aromatic heterocycles. The van der Waals surface area contributed by atoms with Crippen molar-refractivity contribution in [3.63, 3.8) is 0 Å². The molecule has 2 unspecified atom stereocenters. The Balaban J connectivity index is 2.96. The highest BCUT2D eigenvalue weighted by Gasteiger charge is 2.62. The molecule has 0 saturated heterocycles. The van der Waals surface area contributed by atoms with Gasteiger partial charge in [-0.2, -0.15) is 0 Å². The van der Waals surface area contributed by atoms with E-state index in [0.29, 0.717) is 25.8 Å². The van der Waals surface area contributed by atoms with Crippen LogP contribution >= 0.6 is 0 Å². The minimum atomic E-state index is -1.18. The SMILES string of the molecule is CC(C)(C)OC(=O)CC[C@H](NC(=O)NC1(C(=O)OC(C)(C)C)CC1CCCN)C(=O)OC(C)(C)C. The summed E-state index contributed by atoms with van der Waals surface area (Å²) in [6.45, 7) is 16.1. The molecule has 0 aliphatic heterocycles. The monoisotopic (exact) mass is 499 g/mol. The van der Waals surface area contributed by atoms with Gasteiger partial charge in [-0.15, -0.1) is 0 Å². The van der Waals surface area contributed by atoms with E-state index in [-0.39, 0.29) is 18.8 Å². The normalized spacial score (nSPS) is 20.9. The van der Waals surface area contributed by atoms with Crippen molar-refractivity contribution in [2.45, 2.75) is 123 Å². The smallest absolute Gasteiger partial charge is 0.332 e. The van der Waals surface area contributed by atoms with Gasteiger partial charge in [-0.3, -0.25) is 4.79 Å². The number of carbonyl (C=O) groups excluding carboxylic acids is 4. The van der Waals surface area contributed by atoms with Gasteiger partial charge >= 0.3 is 23.9 Å². The highest BCUT2D eigenvalue weighted by molar-refractivity contribution is 5.92. The van der Waals surface area contributed by atoms with E-state index in [9.17, 15) is 19.2 Å². The maximum Gasteiger partial charge on any atom is 0.332 e. The van der Waals surface area contributed by atoms with Gasteiger partial charge in [-0.1, -0.05) is 0 Å². The van der Waals surface area contributed by atoms with Crippen molar-refractivity contribution in [2.24, 2.45) is 11.7 Å². The zero-order valence-corrected chi connectivity index (χ0v) is 22.8. The lowest BCUT2D eigenvalue weighted by Crippen LogP contribution is -2.55. The third kappa shape index (κ3) is 11.3. The lowest BCUT2D eigenvalue weighted by Gasteiger charge is -2.27. The lowest BCUT2D eigenvalue weighted by molar-refractivity contribution is -0.159. The molecule has 3 atom stereocenters. The number of rotatable bonds is 10. The second kappa shape index (κ2) is 11.6. The van der Waals surface area contributed by atoms with Crippen LogP contribution in [0, 0.1) is 5.92 Å². The van der Waals surface area contributed by atoms with E-state index in [1.165, 1.54) is 0 Å². The van der Waals surface area contributed by atoms with E-state index in [4.69, 9.17) is 19.9 Å². The molecule has 0 aromatic rings. The molecule has 1 aliphatic carbocycles. The summed E-state index contributed by atoms with van der Waals surface area (Å²) in [7, 11) is 0. The van der Waals surface area contributed by atoms with Gasteiger partial charge in [-0.05, 0) is 100 Å². The zero-order valence-electron chi connectivity index (χ0n) is 22.8. The number of esters is 3. The first-order valence-electron chi connectivity index (χ1n) is 12.2. The summed E-state index contributed by atoms with van der Waals surface area (Å²) in [5.74, 6) is -1.82. The van der Waals surface area contributed by atoms with Gasteiger partial charge in [0, 0.05) is 6.42 Å². The molecule has 1 rings (SSSR count). The number of nitrogens with two attached hydrogens (primary N) is 1. The molecule has 35 heavy (non-hydrogen) atoms. The molecular weight excluding hydrogens is 454 g/mol. The van der Waals surface area contributed by atoms with Crippen LogP contribution in [0.1, 0.15) is 94.4 Å². The fourth-order valence-electron chi connectivity index (χ4n) is 3.54. The zero-order chi connectivity index (χ0) is 27.2. The molecule has 0 radical (unpaired) electrons. The quantitative estimate of drug-likeness (QED) is 0.307. The third-order valence-electron chi connectivity index (χ3n) is 5.02. The van der Waals surface area contributed by atoms with Crippen molar-refractivity contribution < 1.29 is 33.4 Å². The number of ether oxygens (including phenoxy) is 3. The highest BCUT2D eigenvalue weighted by Crippen LogP contribution is 2.48. The van der Waals surface area contributed by atoms with Crippen molar-refractivity contribution in [3.05, 3.63) is 0 Å². The topological polar surface area (TPSA) is 146 Å². The Labute approximate surface area is 209 Å². The van der Waals surface area contributed by atoms with E-state index < -0.39 is 52.3 Å². The minimum Gasteiger partial charge on any atom is -0.460 e. The molecule has 1 saturated carbocycles. The van der Waals surface area contributed by atoms with Crippen molar-refractivity contribution >= 4 is 23.9 Å². The van der Waals surface area contributed by atoms with Crippen LogP contribution in [-0.4, -0.2) is 58.9 Å². The van der Waals surface area contributed by atoms with Crippen LogP contribution in [0.15, 0.2) is 0 Å². The predicted octanol–water partition coefficient (Wildman–Crippen LogP) is 2.96. The molecule has 10 nitrogen and oxygen atoms in total. The van der Waals surface area contributed by atoms with E-state index in [1.54, 1.807) is 62.3 Å². The van der Waals surface area contributed by atoms with Gasteiger partial charge < -0.3 is 30.6 Å². The summed E-state index contributed by atoms with van der Waals surface area (Å²) >= 11 is 0. The first-order valence-corrected chi connectivity index (χ1v) is 12.2. The van der Waals surface area contributed by atoms with Gasteiger partial charge in [0.2, 0.25) is 0 Å². The predicted molar refractivity (Wildman–Crippen MR) is 131 cm³/mol. The van der Waals surface area contributed by atoms with E-state index in [1.807, 2.05) is 0 Å². The van der Waals surface area contributed by atoms with Gasteiger partial charge in [0.15, 0.2) is 0 Å². The Hall–Kier alpha value is -2.36. The second-order valence-electron chi connectivity index (χ2n) is 12.1. The van der Waals surface area contributed by atoms with Crippen LogP contribution in [0.5, 0.6) is 0 Å². The number of urea groups is 1. The molecule has 10 heteroatoms. The Morgan fingerprint density at radius 2 is 1.46 bits per heavy atom. The minimum absolute atomic E-state index is 0.0205. The lowest BCUT2D eigenvalue weighted by atomic mass is 10.1. The molecule has 2 amide bonds. The van der Waals surface area contributed by atoms with Crippen molar-refractivity contribution in [1.29, 1.82) is 0 Å². The van der Waals surface area contributed by atoms with Crippen LogP contribution in [0.3, 0.4) is 0 Å². The third-order valence-corrected chi connectivity index (χ3v) is 5.02. The van der Waals surface area contributed by atoms with Gasteiger partial charge in [0.1, 0.15) is 28.4 Å². The standard InChI is InChI=1S/C25H45N3O7/c1-22(2,3)33-18(29)13-12-17(19(30)34-23(4,5)6)27-21(32)28-25(15-16(25)11-10-14-26)20(31)35-24(7,8)9/h16-17H,10-15,26H2,1-9H3,(H2,27,28,32)/t16?,17-,25?/m0/s1. The fraction of sp³-hybridized carbons (Fsp3) is 0.840. The fourth-order valence-corrected chi connectivity index (χ4v) is 3.54. The summed E-state index contributed by atoms with van der Waals surface area (Å²) in [4.78, 5) is 50.9. The van der Waals surface area contributed by atoms with Crippen molar-refractivity contribution in [3.8, 4) is 0 Å². The Morgan fingerprint density at radius 3 is 1.94 bits per heavy atom. The molecule has 202 valence electrons. The molecule has 1 aliphatic rings. The van der Waals surface area contributed by atoms with Crippen molar-refractivity contribution in [1.82, 2.24) is 10.6 Å². The molecule has 4 N–H and O–H groups in total. The number of amides is 2.